The lowest BCUT2D eigenvalue weighted by molar-refractivity contribution is 1.30. The van der Waals surface area contributed by atoms with E-state index in [1.807, 2.05) is 11.3 Å². The molecule has 0 fully saturated rings. The molecule has 1 aromatic heterocycles. The quantitative estimate of drug-likeness (QED) is 0.165. The van der Waals surface area contributed by atoms with Crippen molar-refractivity contribution in [3.05, 3.63) is 212 Å². The van der Waals surface area contributed by atoms with E-state index >= 15 is 0 Å². The lowest BCUT2D eigenvalue weighted by atomic mass is 9.92. The Morgan fingerprint density at radius 3 is 1.75 bits per heavy atom. The molecule has 262 valence electrons. The second kappa shape index (κ2) is 13.4. The maximum Gasteiger partial charge on any atom is 0.0554 e. The Bertz CT molecular complexity index is 3240. The highest BCUT2D eigenvalue weighted by atomic mass is 32.1. The number of hydrogen-bond donors (Lipinski definition) is 0. The average Bonchev–Trinajstić information content (AvgIpc) is 3.64. The van der Waals surface area contributed by atoms with Crippen molar-refractivity contribution in [1.82, 2.24) is 0 Å². The second-order valence-electron chi connectivity index (χ2n) is 14.5. The Labute approximate surface area is 330 Å². The Morgan fingerprint density at radius 1 is 0.304 bits per heavy atom. The third-order valence-electron chi connectivity index (χ3n) is 11.2. The number of hydrogen-bond acceptors (Lipinski definition) is 2. The smallest absolute Gasteiger partial charge is 0.0554 e. The lowest BCUT2D eigenvalue weighted by Gasteiger charge is -2.28. The average molecular weight is 730 g/mol. The molecule has 0 radical (unpaired) electrons. The van der Waals surface area contributed by atoms with Crippen LogP contribution >= 0.6 is 11.3 Å². The molecule has 2 heteroatoms. The molecule has 0 amide bonds. The number of nitrogens with zero attached hydrogens (tertiary/aromatic N) is 1. The lowest BCUT2D eigenvalue weighted by Crippen LogP contribution is -2.10. The molecule has 1 heterocycles. The number of fused-ring (bicyclic) bond motifs is 6. The Hall–Kier alpha value is -7.00. The summed E-state index contributed by atoms with van der Waals surface area (Å²) >= 11 is 1.87. The highest BCUT2D eigenvalue weighted by molar-refractivity contribution is 7.26. The molecule has 0 aliphatic rings. The SMILES string of the molecule is c1ccc(-c2cc(N(c3ccc(-c4cccc5ccccc45)cc3)c3cccc4sc5cc6ccccc6cc5c34)ccc2-c2ccc3ccccc3c2)cc1. The molecule has 11 aromatic rings. The molecule has 11 rings (SSSR count). The standard InChI is InChI=1S/C54H35NS/c1-2-13-38(14-3-1)49-35-45(30-31-48(49)43-25-24-36-12-4-5-16-40(36)32-43)55(44-28-26-39(27-29-44)47-21-10-19-37-15-8-9-20-46(37)47)51-22-11-23-52-54(51)50-33-41-17-6-7-18-42(41)34-53(50)56-52/h1-35H. The van der Waals surface area contributed by atoms with E-state index in [2.05, 4.69) is 217 Å². The number of benzene rings is 10. The highest BCUT2D eigenvalue weighted by Gasteiger charge is 2.21. The summed E-state index contributed by atoms with van der Waals surface area (Å²) in [5.74, 6) is 0. The van der Waals surface area contributed by atoms with Gasteiger partial charge in [0.15, 0.2) is 0 Å². The molecule has 0 aliphatic heterocycles. The van der Waals surface area contributed by atoms with Gasteiger partial charge in [0.2, 0.25) is 0 Å². The van der Waals surface area contributed by atoms with E-state index in [9.17, 15) is 0 Å². The fourth-order valence-electron chi connectivity index (χ4n) is 8.51. The summed E-state index contributed by atoms with van der Waals surface area (Å²) in [5.41, 5.74) is 10.6. The fraction of sp³-hybridized carbons (Fsp3) is 0. The third kappa shape index (κ3) is 5.54. The van der Waals surface area contributed by atoms with E-state index in [4.69, 9.17) is 0 Å². The minimum absolute atomic E-state index is 1.11. The van der Waals surface area contributed by atoms with Crippen LogP contribution in [0.15, 0.2) is 212 Å². The van der Waals surface area contributed by atoms with Gasteiger partial charge < -0.3 is 4.90 Å². The largest absolute Gasteiger partial charge is 0.310 e. The van der Waals surface area contributed by atoms with Gasteiger partial charge in [0.25, 0.3) is 0 Å². The van der Waals surface area contributed by atoms with Gasteiger partial charge in [-0.15, -0.1) is 11.3 Å². The summed E-state index contributed by atoms with van der Waals surface area (Å²) < 4.78 is 2.58. The van der Waals surface area contributed by atoms with E-state index in [-0.39, 0.29) is 0 Å². The molecule has 1 nitrogen and oxygen atoms in total. The zero-order valence-electron chi connectivity index (χ0n) is 30.6. The summed E-state index contributed by atoms with van der Waals surface area (Å²) in [4.78, 5) is 2.47. The van der Waals surface area contributed by atoms with Gasteiger partial charge in [-0.05, 0) is 120 Å². The third-order valence-corrected chi connectivity index (χ3v) is 12.3. The molecule has 0 saturated carbocycles. The van der Waals surface area contributed by atoms with Gasteiger partial charge in [0, 0.05) is 31.5 Å². The maximum absolute atomic E-state index is 2.47. The van der Waals surface area contributed by atoms with Crippen LogP contribution in [-0.4, -0.2) is 0 Å². The van der Waals surface area contributed by atoms with Crippen LogP contribution in [0.5, 0.6) is 0 Å². The minimum Gasteiger partial charge on any atom is -0.310 e. The predicted molar refractivity (Wildman–Crippen MR) is 243 cm³/mol. The zero-order chi connectivity index (χ0) is 37.0. The molecule has 10 aromatic carbocycles. The van der Waals surface area contributed by atoms with Gasteiger partial charge in [-0.1, -0.05) is 158 Å². The molecular formula is C54H35NS. The van der Waals surface area contributed by atoms with Gasteiger partial charge in [-0.25, -0.2) is 0 Å². The van der Waals surface area contributed by atoms with Crippen LogP contribution in [0.2, 0.25) is 0 Å². The van der Waals surface area contributed by atoms with Gasteiger partial charge in [0.05, 0.1) is 5.69 Å². The van der Waals surface area contributed by atoms with Crippen molar-refractivity contribution in [1.29, 1.82) is 0 Å². The first-order chi connectivity index (χ1) is 27.7. The van der Waals surface area contributed by atoms with Crippen LogP contribution in [0.3, 0.4) is 0 Å². The van der Waals surface area contributed by atoms with E-state index in [0.29, 0.717) is 0 Å². The van der Waals surface area contributed by atoms with Crippen molar-refractivity contribution in [3.8, 4) is 33.4 Å². The summed E-state index contributed by atoms with van der Waals surface area (Å²) in [6.45, 7) is 0. The molecule has 0 unspecified atom stereocenters. The maximum atomic E-state index is 2.47. The van der Waals surface area contributed by atoms with Crippen LogP contribution in [0, 0.1) is 0 Å². The molecule has 0 saturated heterocycles. The number of anilines is 3. The van der Waals surface area contributed by atoms with Crippen LogP contribution in [-0.2, 0) is 0 Å². The Morgan fingerprint density at radius 2 is 0.929 bits per heavy atom. The van der Waals surface area contributed by atoms with Crippen LogP contribution < -0.4 is 4.90 Å². The van der Waals surface area contributed by atoms with E-state index in [0.717, 1.165) is 11.4 Å². The molecule has 0 spiro atoms. The van der Waals surface area contributed by atoms with Gasteiger partial charge in [-0.3, -0.25) is 0 Å². The van der Waals surface area contributed by atoms with Crippen molar-refractivity contribution < 1.29 is 0 Å². The van der Waals surface area contributed by atoms with Crippen molar-refractivity contribution in [2.75, 3.05) is 4.90 Å². The van der Waals surface area contributed by atoms with Gasteiger partial charge in [-0.2, -0.15) is 0 Å². The monoisotopic (exact) mass is 729 g/mol. The van der Waals surface area contributed by atoms with Crippen molar-refractivity contribution in [3.63, 3.8) is 0 Å². The van der Waals surface area contributed by atoms with E-state index in [1.54, 1.807) is 0 Å². The minimum atomic E-state index is 1.11. The van der Waals surface area contributed by atoms with Crippen molar-refractivity contribution >= 4 is 80.9 Å². The van der Waals surface area contributed by atoms with Gasteiger partial charge >= 0.3 is 0 Å². The zero-order valence-corrected chi connectivity index (χ0v) is 31.4. The summed E-state index contributed by atoms with van der Waals surface area (Å²) in [6.07, 6.45) is 0. The highest BCUT2D eigenvalue weighted by Crippen LogP contribution is 2.47. The first-order valence-electron chi connectivity index (χ1n) is 19.2. The second-order valence-corrected chi connectivity index (χ2v) is 15.6. The normalized spacial score (nSPS) is 11.6. The first kappa shape index (κ1) is 32.4. The van der Waals surface area contributed by atoms with E-state index in [1.165, 1.54) is 91.6 Å². The molecule has 0 bridgehead atoms. The van der Waals surface area contributed by atoms with Gasteiger partial charge in [0.1, 0.15) is 0 Å². The van der Waals surface area contributed by atoms with Crippen molar-refractivity contribution in [2.24, 2.45) is 0 Å². The summed E-state index contributed by atoms with van der Waals surface area (Å²) in [5, 5.41) is 10.1. The van der Waals surface area contributed by atoms with Crippen LogP contribution in [0.1, 0.15) is 0 Å². The summed E-state index contributed by atoms with van der Waals surface area (Å²) in [7, 11) is 0. The topological polar surface area (TPSA) is 3.24 Å². The fourth-order valence-corrected chi connectivity index (χ4v) is 9.67. The summed E-state index contributed by atoms with van der Waals surface area (Å²) in [6, 6.07) is 77.9. The predicted octanol–water partition coefficient (Wildman–Crippen LogP) is 16.0. The van der Waals surface area contributed by atoms with Crippen LogP contribution in [0.25, 0.3) is 85.9 Å². The van der Waals surface area contributed by atoms with E-state index < -0.39 is 0 Å². The van der Waals surface area contributed by atoms with Crippen LogP contribution in [0.4, 0.5) is 17.1 Å². The molecule has 0 aliphatic carbocycles. The Balaban J connectivity index is 1.15. The van der Waals surface area contributed by atoms with Crippen molar-refractivity contribution in [2.45, 2.75) is 0 Å². The number of rotatable bonds is 6. The molecule has 0 atom stereocenters. The molecule has 0 N–H and O–H groups in total. The Kier molecular flexibility index (Phi) is 7.75. The number of thiophene rings is 1. The molecular weight excluding hydrogens is 695 g/mol. The molecule has 56 heavy (non-hydrogen) atoms. The first-order valence-corrected chi connectivity index (χ1v) is 20.0.